The molecule has 3 heterocycles. The number of phosphoric acid groups is 1. The number of amides is 4. The van der Waals surface area contributed by atoms with Crippen LogP contribution in [0.5, 0.6) is 5.75 Å². The zero-order valence-corrected chi connectivity index (χ0v) is 32.8. The molecule has 0 aliphatic carbocycles. The number of piperazine rings is 1. The maximum absolute atomic E-state index is 14.7. The van der Waals surface area contributed by atoms with Crippen LogP contribution >= 0.6 is 19.4 Å². The smallest absolute Gasteiger partial charge is 0.404 e. The molecule has 2 atom stereocenters. The van der Waals surface area contributed by atoms with Gasteiger partial charge in [-0.3, -0.25) is 19.4 Å². The van der Waals surface area contributed by atoms with Crippen LogP contribution < -0.4 is 9.84 Å². The summed E-state index contributed by atoms with van der Waals surface area (Å²) in [6, 6.07) is 26.1. The van der Waals surface area contributed by atoms with Crippen LogP contribution in [0.3, 0.4) is 0 Å². The third-order valence-electron chi connectivity index (χ3n) is 9.73. The quantitative estimate of drug-likeness (QED) is 0.117. The summed E-state index contributed by atoms with van der Waals surface area (Å²) in [7, 11) is -8.94. The van der Waals surface area contributed by atoms with E-state index in [1.165, 1.54) is 73.5 Å². The normalized spacial score (nSPS) is 17.8. The summed E-state index contributed by atoms with van der Waals surface area (Å²) in [5.41, 5.74) is 2.24. The number of nitrogens with zero attached hydrogens (tertiary/aromatic N) is 5. The molecule has 296 valence electrons. The number of fused-ring (bicyclic) bond motifs is 2. The Morgan fingerprint density at radius 2 is 1.67 bits per heavy atom. The van der Waals surface area contributed by atoms with Gasteiger partial charge in [0, 0.05) is 42.7 Å². The Labute approximate surface area is 333 Å². The van der Waals surface area contributed by atoms with Gasteiger partial charge < -0.3 is 19.6 Å². The third-order valence-corrected chi connectivity index (χ3v) is 12.1. The van der Waals surface area contributed by atoms with Gasteiger partial charge in [-0.05, 0) is 59.2 Å². The average molecular weight is 833 g/mol. The summed E-state index contributed by atoms with van der Waals surface area (Å²) in [6.45, 7) is 3.73. The van der Waals surface area contributed by atoms with Crippen LogP contribution in [0, 0.1) is 0 Å². The highest BCUT2D eigenvalue weighted by molar-refractivity contribution is 7.90. The lowest BCUT2D eigenvalue weighted by Crippen LogP contribution is -2.76. The molecule has 2 aliphatic rings. The minimum absolute atomic E-state index is 0.0151. The number of rotatable bonds is 12. The van der Waals surface area contributed by atoms with Crippen LogP contribution in [-0.2, 0) is 43.7 Å². The zero-order valence-electron chi connectivity index (χ0n) is 30.3. The van der Waals surface area contributed by atoms with Crippen molar-refractivity contribution >= 4 is 58.2 Å². The molecule has 18 heteroatoms. The van der Waals surface area contributed by atoms with Crippen LogP contribution in [0.2, 0.25) is 5.02 Å². The van der Waals surface area contributed by atoms with Gasteiger partial charge in [0.25, 0.3) is 10.0 Å². The van der Waals surface area contributed by atoms with Gasteiger partial charge in [-0.15, -0.1) is 6.58 Å². The molecule has 5 aromatic rings. The summed E-state index contributed by atoms with van der Waals surface area (Å²) >= 11 is 6.05. The Hall–Kier alpha value is -5.48. The number of hydrazine groups is 1. The van der Waals surface area contributed by atoms with E-state index in [2.05, 4.69) is 11.9 Å². The molecule has 1 aromatic heterocycles. The molecule has 0 spiro atoms. The molecule has 3 N–H and O–H groups in total. The minimum Gasteiger partial charge on any atom is -0.404 e. The predicted molar refractivity (Wildman–Crippen MR) is 211 cm³/mol. The van der Waals surface area contributed by atoms with E-state index in [-0.39, 0.29) is 49.8 Å². The van der Waals surface area contributed by atoms with Crippen molar-refractivity contribution in [2.75, 3.05) is 19.6 Å². The molecule has 7 rings (SSSR count). The second kappa shape index (κ2) is 16.2. The van der Waals surface area contributed by atoms with Gasteiger partial charge in [0.1, 0.15) is 18.0 Å². The first kappa shape index (κ1) is 39.7. The SMILES string of the molecule is C=CCN1CC(=O)N2[C@@H](Cc3ccc(OP(=O)(O)O)cc3)C(=O)N(Cc3cccc4ccn(S(=O)(=O)c5ccc(Cl)cc5)c34)C[C@@H]2N1C(=O)NCc1ccccc1. The van der Waals surface area contributed by atoms with Crippen LogP contribution in [0.4, 0.5) is 4.79 Å². The summed E-state index contributed by atoms with van der Waals surface area (Å²) in [6.07, 6.45) is 2.00. The Bertz CT molecular complexity index is 2480. The van der Waals surface area contributed by atoms with E-state index in [0.29, 0.717) is 27.1 Å². The van der Waals surface area contributed by atoms with Crippen molar-refractivity contribution in [3.8, 4) is 5.75 Å². The number of halogens is 1. The first-order chi connectivity index (χ1) is 27.2. The van der Waals surface area contributed by atoms with Crippen LogP contribution in [0.15, 0.2) is 127 Å². The molecule has 2 fully saturated rings. The third kappa shape index (κ3) is 8.47. The highest BCUT2D eigenvalue weighted by Crippen LogP contribution is 2.38. The van der Waals surface area contributed by atoms with Gasteiger partial charge in [0.05, 0.1) is 23.5 Å². The fourth-order valence-corrected chi connectivity index (χ4v) is 9.15. The van der Waals surface area contributed by atoms with Gasteiger partial charge in [0.2, 0.25) is 11.8 Å². The molecule has 15 nitrogen and oxygen atoms in total. The molecule has 2 aliphatic heterocycles. The Morgan fingerprint density at radius 3 is 2.35 bits per heavy atom. The number of carbonyl (C=O) groups excluding carboxylic acids is 3. The van der Waals surface area contributed by atoms with Gasteiger partial charge in [0.15, 0.2) is 0 Å². The van der Waals surface area contributed by atoms with Crippen molar-refractivity contribution in [2.45, 2.75) is 36.6 Å². The average Bonchev–Trinajstić information content (AvgIpc) is 3.63. The number of nitrogens with one attached hydrogen (secondary N) is 1. The Kier molecular flexibility index (Phi) is 11.3. The van der Waals surface area contributed by atoms with Gasteiger partial charge >= 0.3 is 13.9 Å². The number of aromatic nitrogens is 1. The van der Waals surface area contributed by atoms with Crippen molar-refractivity contribution in [2.24, 2.45) is 0 Å². The molecule has 0 unspecified atom stereocenters. The maximum Gasteiger partial charge on any atom is 0.524 e. The minimum atomic E-state index is -4.83. The van der Waals surface area contributed by atoms with E-state index in [1.807, 2.05) is 30.3 Å². The first-order valence-electron chi connectivity index (χ1n) is 17.7. The highest BCUT2D eigenvalue weighted by Gasteiger charge is 2.51. The summed E-state index contributed by atoms with van der Waals surface area (Å²) in [4.78, 5) is 64.4. The van der Waals surface area contributed by atoms with E-state index in [0.717, 1.165) is 5.56 Å². The van der Waals surface area contributed by atoms with E-state index < -0.39 is 47.9 Å². The molecule has 0 radical (unpaired) electrons. The Morgan fingerprint density at radius 1 is 0.947 bits per heavy atom. The number of urea groups is 1. The molecular formula is C39H38ClN6O9PS. The largest absolute Gasteiger partial charge is 0.524 e. The van der Waals surface area contributed by atoms with E-state index in [9.17, 15) is 37.2 Å². The standard InChI is InChI=1S/C39H38ClN6O9PS/c1-2-20-43-26-36(47)45-34(22-27-11-15-32(16-12-27)55-56(50,51)52)38(48)42(25-35(45)46(43)39(49)41-23-28-7-4-3-5-8-28)24-30-10-6-9-29-19-21-44(37(29)30)57(53,54)33-17-13-31(40)14-18-33/h2-19,21,34-35H,1,20,22-26H2,(H,41,49)(H2,50,51,52)/t34-,35-/m0/s1. The zero-order chi connectivity index (χ0) is 40.5. The second-order valence-corrected chi connectivity index (χ2v) is 16.9. The number of benzene rings is 4. The van der Waals surface area contributed by atoms with Gasteiger partial charge in [-0.1, -0.05) is 78.3 Å². The van der Waals surface area contributed by atoms with E-state index in [1.54, 1.807) is 35.4 Å². The Balaban J connectivity index is 1.28. The van der Waals surface area contributed by atoms with Gasteiger partial charge in [-0.2, -0.15) is 0 Å². The first-order valence-corrected chi connectivity index (χ1v) is 21.1. The molecule has 57 heavy (non-hydrogen) atoms. The number of hydrogen-bond acceptors (Lipinski definition) is 8. The van der Waals surface area contributed by atoms with E-state index in [4.69, 9.17) is 16.1 Å². The fraction of sp³-hybridized carbons (Fsp3) is 0.205. The van der Waals surface area contributed by atoms with Crippen LogP contribution in [-0.4, -0.2) is 91.7 Å². The molecule has 2 saturated heterocycles. The van der Waals surface area contributed by atoms with E-state index >= 15 is 0 Å². The van der Waals surface area contributed by atoms with Crippen molar-refractivity contribution < 1.29 is 41.7 Å². The predicted octanol–water partition coefficient (Wildman–Crippen LogP) is 4.74. The number of carbonyl (C=O) groups is 3. The molecule has 0 bridgehead atoms. The van der Waals surface area contributed by atoms with Crippen molar-refractivity contribution in [3.63, 3.8) is 0 Å². The highest BCUT2D eigenvalue weighted by atomic mass is 35.5. The van der Waals surface area contributed by atoms with Gasteiger partial charge in [-0.25, -0.2) is 31.8 Å². The van der Waals surface area contributed by atoms with Crippen LogP contribution in [0.1, 0.15) is 16.7 Å². The summed E-state index contributed by atoms with van der Waals surface area (Å²) in [5.74, 6) is -0.951. The number of para-hydroxylation sites is 1. The lowest BCUT2D eigenvalue weighted by molar-refractivity contribution is -0.189. The summed E-state index contributed by atoms with van der Waals surface area (Å²) in [5, 5.41) is 6.94. The number of hydrogen-bond donors (Lipinski definition) is 3. The lowest BCUT2D eigenvalue weighted by Gasteiger charge is -2.55. The van der Waals surface area contributed by atoms with Crippen molar-refractivity contribution in [1.29, 1.82) is 0 Å². The summed E-state index contributed by atoms with van der Waals surface area (Å²) < 4.78 is 45.2. The van der Waals surface area contributed by atoms with Crippen molar-refractivity contribution in [1.82, 2.24) is 29.1 Å². The number of phosphoric ester groups is 1. The topological polar surface area (TPSA) is 182 Å². The monoisotopic (exact) mass is 832 g/mol. The molecular weight excluding hydrogens is 795 g/mol. The molecule has 0 saturated carbocycles. The molecule has 4 amide bonds. The maximum atomic E-state index is 14.7. The van der Waals surface area contributed by atoms with Crippen LogP contribution in [0.25, 0.3) is 10.9 Å². The second-order valence-electron chi connectivity index (χ2n) is 13.5. The fourth-order valence-electron chi connectivity index (χ4n) is 7.24. The van der Waals surface area contributed by atoms with Crippen molar-refractivity contribution in [3.05, 3.63) is 144 Å². The molecule has 4 aromatic carbocycles. The lowest BCUT2D eigenvalue weighted by atomic mass is 9.98.